The molecule has 9 heteroatoms. The molecule has 4 rings (SSSR count). The van der Waals surface area contributed by atoms with E-state index in [2.05, 4.69) is 10.3 Å². The van der Waals surface area contributed by atoms with Crippen molar-refractivity contribution in [3.8, 4) is 11.3 Å². The Balaban J connectivity index is 1.60. The van der Waals surface area contributed by atoms with Crippen LogP contribution in [0.15, 0.2) is 71.6 Å². The van der Waals surface area contributed by atoms with Crippen LogP contribution in [-0.4, -0.2) is 19.3 Å². The van der Waals surface area contributed by atoms with E-state index in [1.165, 1.54) is 42.5 Å². The molecule has 0 fully saturated rings. The van der Waals surface area contributed by atoms with Gasteiger partial charge in [-0.1, -0.05) is 6.07 Å². The number of carbonyl (C=O) groups is 1. The van der Waals surface area contributed by atoms with Gasteiger partial charge in [0, 0.05) is 28.7 Å². The summed E-state index contributed by atoms with van der Waals surface area (Å²) >= 11 is 0. The number of carbonyl (C=O) groups excluding carboxylic acids is 1. The van der Waals surface area contributed by atoms with Gasteiger partial charge in [-0.3, -0.25) is 4.79 Å². The van der Waals surface area contributed by atoms with Crippen LogP contribution in [0.3, 0.4) is 0 Å². The molecule has 0 spiro atoms. The number of hydrogen-bond donors (Lipinski definition) is 3. The lowest BCUT2D eigenvalue weighted by molar-refractivity contribution is -0.116. The summed E-state index contributed by atoms with van der Waals surface area (Å²) in [5.74, 6) is -1.14. The highest BCUT2D eigenvalue weighted by Gasteiger charge is 2.16. The Morgan fingerprint density at radius 3 is 2.41 bits per heavy atom. The number of halogens is 2. The number of primary sulfonamides is 1. The van der Waals surface area contributed by atoms with E-state index in [9.17, 15) is 22.0 Å². The number of benzene rings is 3. The molecule has 1 amide bonds. The van der Waals surface area contributed by atoms with E-state index in [0.29, 0.717) is 27.8 Å². The van der Waals surface area contributed by atoms with Crippen LogP contribution >= 0.6 is 0 Å². The maximum absolute atomic E-state index is 13.9. The number of aryl methyl sites for hydroxylation is 1. The Hall–Kier alpha value is -3.56. The average molecular weight is 455 g/mol. The third-order valence-corrected chi connectivity index (χ3v) is 5.96. The zero-order valence-corrected chi connectivity index (χ0v) is 17.5. The zero-order valence-electron chi connectivity index (χ0n) is 16.7. The number of amides is 1. The van der Waals surface area contributed by atoms with Crippen LogP contribution in [0.2, 0.25) is 0 Å². The quantitative estimate of drug-likeness (QED) is 0.403. The first-order valence-electron chi connectivity index (χ1n) is 9.69. The Morgan fingerprint density at radius 2 is 1.69 bits per heavy atom. The second-order valence-corrected chi connectivity index (χ2v) is 8.86. The summed E-state index contributed by atoms with van der Waals surface area (Å²) in [6.07, 6.45) is 0.328. The summed E-state index contributed by atoms with van der Waals surface area (Å²) in [5, 5.41) is 8.41. The minimum atomic E-state index is -3.89. The molecule has 0 saturated carbocycles. The number of nitrogens with one attached hydrogen (secondary N) is 2. The second kappa shape index (κ2) is 8.52. The number of hydrogen-bond acceptors (Lipinski definition) is 3. The van der Waals surface area contributed by atoms with Crippen LogP contribution < -0.4 is 10.5 Å². The molecule has 0 unspecified atom stereocenters. The third kappa shape index (κ3) is 4.68. The fourth-order valence-corrected chi connectivity index (χ4v) is 4.11. The van der Waals surface area contributed by atoms with Gasteiger partial charge < -0.3 is 10.3 Å². The number of aromatic amines is 1. The van der Waals surface area contributed by atoms with Gasteiger partial charge in [0.25, 0.3) is 0 Å². The van der Waals surface area contributed by atoms with Gasteiger partial charge in [0.05, 0.1) is 4.90 Å². The van der Waals surface area contributed by atoms with Gasteiger partial charge in [-0.05, 0) is 78.2 Å². The van der Waals surface area contributed by atoms with E-state index in [1.807, 2.05) is 0 Å². The van der Waals surface area contributed by atoms with Crippen LogP contribution in [-0.2, 0) is 21.2 Å². The van der Waals surface area contributed by atoms with Crippen molar-refractivity contribution in [2.24, 2.45) is 5.14 Å². The van der Waals surface area contributed by atoms with E-state index < -0.39 is 15.8 Å². The van der Waals surface area contributed by atoms with Gasteiger partial charge in [-0.15, -0.1) is 0 Å². The van der Waals surface area contributed by atoms with Crippen LogP contribution in [0.1, 0.15) is 12.0 Å². The number of fused-ring (bicyclic) bond motifs is 1. The summed E-state index contributed by atoms with van der Waals surface area (Å²) < 4.78 is 50.3. The highest BCUT2D eigenvalue weighted by Crippen LogP contribution is 2.32. The molecule has 4 N–H and O–H groups in total. The van der Waals surface area contributed by atoms with Crippen molar-refractivity contribution in [3.05, 3.63) is 83.9 Å². The molecule has 0 aliphatic carbocycles. The molecule has 0 radical (unpaired) electrons. The molecular weight excluding hydrogens is 436 g/mol. The molecular formula is C23H19F2N3O3S. The molecule has 0 atom stereocenters. The molecule has 4 aromatic rings. The fourth-order valence-electron chi connectivity index (χ4n) is 3.56. The van der Waals surface area contributed by atoms with E-state index in [1.54, 1.807) is 24.3 Å². The predicted molar refractivity (Wildman–Crippen MR) is 118 cm³/mol. The molecule has 1 heterocycles. The van der Waals surface area contributed by atoms with Crippen molar-refractivity contribution in [2.75, 3.05) is 5.32 Å². The summed E-state index contributed by atoms with van der Waals surface area (Å²) in [4.78, 5) is 15.7. The lowest BCUT2D eigenvalue weighted by Crippen LogP contribution is -2.15. The van der Waals surface area contributed by atoms with Crippen molar-refractivity contribution in [1.82, 2.24) is 4.98 Å². The van der Waals surface area contributed by atoms with Crippen LogP contribution in [0.25, 0.3) is 22.2 Å². The molecule has 0 aliphatic heterocycles. The van der Waals surface area contributed by atoms with Gasteiger partial charge in [-0.2, -0.15) is 0 Å². The van der Waals surface area contributed by atoms with E-state index in [-0.39, 0.29) is 29.5 Å². The Labute approximate surface area is 183 Å². The molecule has 32 heavy (non-hydrogen) atoms. The van der Waals surface area contributed by atoms with Crippen molar-refractivity contribution in [2.45, 2.75) is 17.7 Å². The third-order valence-electron chi connectivity index (χ3n) is 5.05. The number of nitrogens with two attached hydrogens (primary N) is 1. The van der Waals surface area contributed by atoms with Crippen molar-refractivity contribution in [3.63, 3.8) is 0 Å². The first-order chi connectivity index (χ1) is 15.2. The highest BCUT2D eigenvalue weighted by atomic mass is 32.2. The molecule has 0 aliphatic rings. The molecule has 0 saturated heterocycles. The van der Waals surface area contributed by atoms with Crippen LogP contribution in [0, 0.1) is 11.6 Å². The Bertz CT molecular complexity index is 1410. The summed E-state index contributed by atoms with van der Waals surface area (Å²) in [7, 11) is -3.89. The normalized spacial score (nSPS) is 11.6. The first-order valence-corrected chi connectivity index (χ1v) is 11.2. The molecule has 164 valence electrons. The summed E-state index contributed by atoms with van der Waals surface area (Å²) in [6, 6.07) is 15.9. The fraction of sp³-hybridized carbons (Fsp3) is 0.0870. The van der Waals surface area contributed by atoms with E-state index >= 15 is 0 Å². The predicted octanol–water partition coefficient (Wildman–Crippen LogP) is 4.33. The smallest absolute Gasteiger partial charge is 0.238 e. The number of anilines is 1. The van der Waals surface area contributed by atoms with Crippen LogP contribution in [0.5, 0.6) is 0 Å². The topological polar surface area (TPSA) is 105 Å². The van der Waals surface area contributed by atoms with Gasteiger partial charge in [0.1, 0.15) is 11.6 Å². The monoisotopic (exact) mass is 455 g/mol. The first kappa shape index (κ1) is 21.7. The lowest BCUT2D eigenvalue weighted by atomic mass is 10.0. The minimum Gasteiger partial charge on any atom is -0.354 e. The SMILES string of the molecule is NS(=O)(=O)c1cccc(NC(=O)CCc2c(-c3ccc(F)cc3)[nH]c3ccc(F)cc23)c1. The van der Waals surface area contributed by atoms with Gasteiger partial charge in [0.15, 0.2) is 0 Å². The maximum Gasteiger partial charge on any atom is 0.238 e. The number of sulfonamides is 1. The van der Waals surface area contributed by atoms with Gasteiger partial charge in [0.2, 0.25) is 15.9 Å². The van der Waals surface area contributed by atoms with Crippen molar-refractivity contribution in [1.29, 1.82) is 0 Å². The molecule has 3 aromatic carbocycles. The zero-order chi connectivity index (χ0) is 22.9. The summed E-state index contributed by atoms with van der Waals surface area (Å²) in [5.41, 5.74) is 3.10. The number of H-pyrrole nitrogens is 1. The maximum atomic E-state index is 13.9. The van der Waals surface area contributed by atoms with Gasteiger partial charge >= 0.3 is 0 Å². The molecule has 1 aromatic heterocycles. The minimum absolute atomic E-state index is 0.0528. The van der Waals surface area contributed by atoms with Crippen molar-refractivity contribution >= 4 is 32.5 Å². The van der Waals surface area contributed by atoms with E-state index in [0.717, 1.165) is 5.56 Å². The van der Waals surface area contributed by atoms with Crippen molar-refractivity contribution < 1.29 is 22.0 Å². The summed E-state index contributed by atoms with van der Waals surface area (Å²) in [6.45, 7) is 0. The standard InChI is InChI=1S/C23H19F2N3O3S/c24-15-6-4-14(5-7-15)23-19(20-12-16(25)8-10-21(20)28-23)9-11-22(29)27-17-2-1-3-18(13-17)32(26,30)31/h1-8,10,12-13,28H,9,11H2,(H,27,29)(H2,26,30,31). The Kier molecular flexibility index (Phi) is 5.77. The molecule has 0 bridgehead atoms. The Morgan fingerprint density at radius 1 is 0.969 bits per heavy atom. The average Bonchev–Trinajstić information content (AvgIpc) is 3.10. The molecule has 6 nitrogen and oxygen atoms in total. The number of rotatable bonds is 6. The number of aromatic nitrogens is 1. The lowest BCUT2D eigenvalue weighted by Gasteiger charge is -2.08. The largest absolute Gasteiger partial charge is 0.354 e. The van der Waals surface area contributed by atoms with Gasteiger partial charge in [-0.25, -0.2) is 22.3 Å². The second-order valence-electron chi connectivity index (χ2n) is 7.30. The van der Waals surface area contributed by atoms with Crippen LogP contribution in [0.4, 0.5) is 14.5 Å². The van der Waals surface area contributed by atoms with E-state index in [4.69, 9.17) is 5.14 Å². The highest BCUT2D eigenvalue weighted by molar-refractivity contribution is 7.89.